The first kappa shape index (κ1) is 17.4. The van der Waals surface area contributed by atoms with Crippen LogP contribution < -0.4 is 0 Å². The van der Waals surface area contributed by atoms with Gasteiger partial charge >= 0.3 is 0 Å². The molecule has 1 aliphatic heterocycles. The van der Waals surface area contributed by atoms with Gasteiger partial charge in [-0.15, -0.1) is 0 Å². The van der Waals surface area contributed by atoms with E-state index >= 15 is 0 Å². The molecule has 24 heavy (non-hydrogen) atoms. The number of rotatable bonds is 6. The summed E-state index contributed by atoms with van der Waals surface area (Å²) in [7, 11) is 1.70. The van der Waals surface area contributed by atoms with Gasteiger partial charge in [0.25, 0.3) is 5.91 Å². The minimum Gasteiger partial charge on any atom is -0.396 e. The SMILES string of the molecule is COCCC[C@@]1(CO)CCCN(C(=O)c2ccc3c(c2)CCC3)C1. The molecule has 4 heteroatoms. The maximum absolute atomic E-state index is 13.0. The lowest BCUT2D eigenvalue weighted by atomic mass is 9.77. The van der Waals surface area contributed by atoms with Crippen molar-refractivity contribution >= 4 is 5.91 Å². The molecule has 0 spiro atoms. The molecule has 3 rings (SSSR count). The third-order valence-electron chi connectivity index (χ3n) is 5.69. The van der Waals surface area contributed by atoms with E-state index in [0.29, 0.717) is 13.2 Å². The standard InChI is InChI=1S/C20H29NO3/c1-24-12-4-10-20(15-22)9-3-11-21(14-20)19(23)18-8-7-16-5-2-6-17(16)13-18/h7-8,13,22H,2-6,9-12,14-15H2,1H3/t20-/m0/s1. The molecule has 1 amide bonds. The molecule has 1 saturated heterocycles. The van der Waals surface area contributed by atoms with Crippen molar-refractivity contribution in [2.75, 3.05) is 33.4 Å². The second-order valence-electron chi connectivity index (χ2n) is 7.42. The first-order valence-corrected chi connectivity index (χ1v) is 9.18. The molecule has 0 unspecified atom stereocenters. The van der Waals surface area contributed by atoms with E-state index in [1.165, 1.54) is 17.5 Å². The van der Waals surface area contributed by atoms with Crippen LogP contribution in [-0.2, 0) is 17.6 Å². The van der Waals surface area contributed by atoms with Gasteiger partial charge in [0.2, 0.25) is 0 Å². The summed E-state index contributed by atoms with van der Waals surface area (Å²) in [5, 5.41) is 9.96. The molecule has 1 fully saturated rings. The molecule has 1 heterocycles. The van der Waals surface area contributed by atoms with Crippen LogP contribution in [0.15, 0.2) is 18.2 Å². The molecule has 0 aromatic heterocycles. The highest BCUT2D eigenvalue weighted by Gasteiger charge is 2.36. The van der Waals surface area contributed by atoms with Gasteiger partial charge < -0.3 is 14.7 Å². The number of aliphatic hydroxyl groups excluding tert-OH is 1. The average Bonchev–Trinajstić information content (AvgIpc) is 3.09. The monoisotopic (exact) mass is 331 g/mol. The predicted octanol–water partition coefficient (Wildman–Crippen LogP) is 2.82. The van der Waals surface area contributed by atoms with Crippen molar-refractivity contribution in [1.82, 2.24) is 4.90 Å². The fraction of sp³-hybridized carbons (Fsp3) is 0.650. The van der Waals surface area contributed by atoms with Crippen LogP contribution in [0, 0.1) is 5.41 Å². The summed E-state index contributed by atoms with van der Waals surface area (Å²) in [6.07, 6.45) is 7.22. The van der Waals surface area contributed by atoms with Gasteiger partial charge in [-0.2, -0.15) is 0 Å². The second-order valence-corrected chi connectivity index (χ2v) is 7.42. The predicted molar refractivity (Wildman–Crippen MR) is 94.2 cm³/mol. The lowest BCUT2D eigenvalue weighted by molar-refractivity contribution is 0.0180. The van der Waals surface area contributed by atoms with Crippen LogP contribution in [0.3, 0.4) is 0 Å². The van der Waals surface area contributed by atoms with Crippen molar-refractivity contribution in [2.24, 2.45) is 5.41 Å². The molecule has 4 nitrogen and oxygen atoms in total. The third-order valence-corrected chi connectivity index (χ3v) is 5.69. The van der Waals surface area contributed by atoms with E-state index < -0.39 is 0 Å². The first-order valence-electron chi connectivity index (χ1n) is 9.18. The Morgan fingerprint density at radius 1 is 1.29 bits per heavy atom. The van der Waals surface area contributed by atoms with Crippen molar-refractivity contribution < 1.29 is 14.6 Å². The number of carbonyl (C=O) groups excluding carboxylic acids is 1. The van der Waals surface area contributed by atoms with Crippen LogP contribution >= 0.6 is 0 Å². The van der Waals surface area contributed by atoms with Gasteiger partial charge in [0.1, 0.15) is 0 Å². The highest BCUT2D eigenvalue weighted by Crippen LogP contribution is 2.35. The zero-order valence-electron chi connectivity index (χ0n) is 14.7. The number of hydrogen-bond acceptors (Lipinski definition) is 3. The Labute approximate surface area is 144 Å². The zero-order valence-corrected chi connectivity index (χ0v) is 14.7. The maximum atomic E-state index is 13.0. The van der Waals surface area contributed by atoms with E-state index in [2.05, 4.69) is 12.1 Å². The number of piperidine rings is 1. The number of likely N-dealkylation sites (tertiary alicyclic amines) is 1. The topological polar surface area (TPSA) is 49.8 Å². The van der Waals surface area contributed by atoms with Gasteiger partial charge in [-0.05, 0) is 68.2 Å². The fourth-order valence-corrected chi connectivity index (χ4v) is 4.27. The summed E-state index contributed by atoms with van der Waals surface area (Å²) in [6, 6.07) is 6.19. The van der Waals surface area contributed by atoms with E-state index in [1.54, 1.807) is 7.11 Å². The molecule has 2 aliphatic rings. The van der Waals surface area contributed by atoms with E-state index in [1.807, 2.05) is 11.0 Å². The van der Waals surface area contributed by atoms with E-state index in [0.717, 1.165) is 50.6 Å². The lowest BCUT2D eigenvalue weighted by Gasteiger charge is -2.42. The Hall–Kier alpha value is -1.39. The summed E-state index contributed by atoms with van der Waals surface area (Å²) in [6.45, 7) is 2.30. The van der Waals surface area contributed by atoms with Gasteiger partial charge in [-0.25, -0.2) is 0 Å². The molecule has 1 N–H and O–H groups in total. The van der Waals surface area contributed by atoms with Crippen LogP contribution in [0.2, 0.25) is 0 Å². The third kappa shape index (κ3) is 3.65. The number of methoxy groups -OCH3 is 1. The number of carbonyl (C=O) groups is 1. The summed E-state index contributed by atoms with van der Waals surface area (Å²) >= 11 is 0. The number of amides is 1. The second kappa shape index (κ2) is 7.66. The normalized spacial score (nSPS) is 23.3. The zero-order chi connectivity index (χ0) is 17.0. The van der Waals surface area contributed by atoms with Gasteiger partial charge in [0.05, 0.1) is 6.61 Å². The minimum absolute atomic E-state index is 0.119. The van der Waals surface area contributed by atoms with Gasteiger partial charge in [0.15, 0.2) is 0 Å². The van der Waals surface area contributed by atoms with Gasteiger partial charge in [0, 0.05) is 37.8 Å². The quantitative estimate of drug-likeness (QED) is 0.816. The van der Waals surface area contributed by atoms with Crippen LogP contribution in [0.1, 0.15) is 53.6 Å². The molecule has 1 aromatic carbocycles. The minimum atomic E-state index is -0.164. The maximum Gasteiger partial charge on any atom is 0.253 e. The number of aliphatic hydroxyl groups is 1. The lowest BCUT2D eigenvalue weighted by Crippen LogP contribution is -2.48. The van der Waals surface area contributed by atoms with Crippen LogP contribution in [-0.4, -0.2) is 49.3 Å². The smallest absolute Gasteiger partial charge is 0.253 e. The molecule has 0 saturated carbocycles. The number of ether oxygens (including phenoxy) is 1. The Kier molecular flexibility index (Phi) is 5.57. The van der Waals surface area contributed by atoms with E-state index in [4.69, 9.17) is 4.74 Å². The Balaban J connectivity index is 1.70. The molecule has 1 aliphatic carbocycles. The summed E-state index contributed by atoms with van der Waals surface area (Å²) in [5.74, 6) is 0.119. The van der Waals surface area contributed by atoms with Crippen LogP contribution in [0.5, 0.6) is 0 Å². The number of fused-ring (bicyclic) bond motifs is 1. The molecular weight excluding hydrogens is 302 g/mol. The largest absolute Gasteiger partial charge is 0.396 e. The number of aryl methyl sites for hydroxylation is 2. The highest BCUT2D eigenvalue weighted by molar-refractivity contribution is 5.94. The van der Waals surface area contributed by atoms with Crippen LogP contribution in [0.4, 0.5) is 0 Å². The highest BCUT2D eigenvalue weighted by atomic mass is 16.5. The van der Waals surface area contributed by atoms with Crippen molar-refractivity contribution in [2.45, 2.75) is 44.9 Å². The molecule has 132 valence electrons. The van der Waals surface area contributed by atoms with Gasteiger partial charge in [-0.3, -0.25) is 4.79 Å². The van der Waals surface area contributed by atoms with Crippen molar-refractivity contribution in [1.29, 1.82) is 0 Å². The number of nitrogens with zero attached hydrogens (tertiary/aromatic N) is 1. The molecule has 1 atom stereocenters. The fourth-order valence-electron chi connectivity index (χ4n) is 4.27. The van der Waals surface area contributed by atoms with Crippen LogP contribution in [0.25, 0.3) is 0 Å². The molecule has 1 aromatic rings. The van der Waals surface area contributed by atoms with E-state index in [-0.39, 0.29) is 17.9 Å². The van der Waals surface area contributed by atoms with Gasteiger partial charge in [-0.1, -0.05) is 6.07 Å². The summed E-state index contributed by atoms with van der Waals surface area (Å²) < 4.78 is 5.15. The van der Waals surface area contributed by atoms with Crippen molar-refractivity contribution in [3.63, 3.8) is 0 Å². The summed E-state index contributed by atoms with van der Waals surface area (Å²) in [4.78, 5) is 14.9. The Bertz CT molecular complexity index is 586. The van der Waals surface area contributed by atoms with Crippen molar-refractivity contribution in [3.05, 3.63) is 34.9 Å². The Morgan fingerprint density at radius 3 is 2.92 bits per heavy atom. The number of hydrogen-bond donors (Lipinski definition) is 1. The molecule has 0 radical (unpaired) electrons. The Morgan fingerprint density at radius 2 is 2.12 bits per heavy atom. The molecule has 0 bridgehead atoms. The van der Waals surface area contributed by atoms with E-state index in [9.17, 15) is 9.90 Å². The molecular formula is C20H29NO3. The first-order chi connectivity index (χ1) is 11.7. The number of benzene rings is 1. The summed E-state index contributed by atoms with van der Waals surface area (Å²) in [5.41, 5.74) is 3.38. The van der Waals surface area contributed by atoms with Crippen molar-refractivity contribution in [3.8, 4) is 0 Å². The average molecular weight is 331 g/mol.